The molecule has 27 heavy (non-hydrogen) atoms. The number of hydrogen-bond donors (Lipinski definition) is 2. The van der Waals surface area contributed by atoms with Gasteiger partial charge in [0, 0.05) is 17.7 Å². The van der Waals surface area contributed by atoms with E-state index in [1.807, 2.05) is 6.92 Å². The minimum absolute atomic E-state index is 0.0259. The van der Waals surface area contributed by atoms with Gasteiger partial charge in [-0.2, -0.15) is 5.10 Å². The van der Waals surface area contributed by atoms with Crippen molar-refractivity contribution in [1.82, 2.24) is 4.90 Å². The molecule has 0 unspecified atom stereocenters. The van der Waals surface area contributed by atoms with E-state index in [0.717, 1.165) is 5.56 Å². The molecule has 1 rings (SSSR count). The number of amidine groups is 1. The Hall–Kier alpha value is -2.59. The molecule has 0 bridgehead atoms. The maximum absolute atomic E-state index is 11.6. The number of ether oxygens (including phenoxy) is 2. The number of nitrogens with zero attached hydrogens (tertiary/aromatic N) is 3. The highest BCUT2D eigenvalue weighted by atomic mass is 32.2. The van der Waals surface area contributed by atoms with Crippen LogP contribution in [0.4, 0.5) is 0 Å². The summed E-state index contributed by atoms with van der Waals surface area (Å²) < 4.78 is 9.31. The van der Waals surface area contributed by atoms with Crippen LogP contribution in [-0.2, 0) is 25.6 Å². The van der Waals surface area contributed by atoms with Crippen LogP contribution in [0.2, 0.25) is 0 Å². The van der Waals surface area contributed by atoms with Crippen LogP contribution < -0.4 is 5.73 Å². The second kappa shape index (κ2) is 11.2. The van der Waals surface area contributed by atoms with Crippen molar-refractivity contribution in [3.05, 3.63) is 28.8 Å². The van der Waals surface area contributed by atoms with Crippen molar-refractivity contribution in [2.45, 2.75) is 13.5 Å². The second-order valence-electron chi connectivity index (χ2n) is 5.55. The molecule has 3 N–H and O–H groups in total. The fourth-order valence-corrected chi connectivity index (χ4v) is 2.32. The Labute approximate surface area is 162 Å². The molecule has 0 saturated carbocycles. The molecule has 0 spiro atoms. The number of carbonyl (C=O) groups is 2. The third kappa shape index (κ3) is 7.67. The topological polar surface area (TPSA) is 127 Å². The number of carbonyl (C=O) groups excluding carboxylic acids is 2. The molecule has 0 aliphatic heterocycles. The maximum atomic E-state index is 11.6. The number of phenolic OH excluding ortho intramolecular Hbond substituents is 1. The third-order valence-corrected chi connectivity index (χ3v) is 3.98. The lowest BCUT2D eigenvalue weighted by Gasteiger charge is -2.21. The summed E-state index contributed by atoms with van der Waals surface area (Å²) in [5.41, 5.74) is 7.39. The van der Waals surface area contributed by atoms with E-state index in [9.17, 15) is 14.7 Å². The van der Waals surface area contributed by atoms with Gasteiger partial charge >= 0.3 is 11.9 Å². The van der Waals surface area contributed by atoms with E-state index >= 15 is 0 Å². The number of aromatic hydroxyl groups is 1. The molecule has 0 aliphatic carbocycles. The van der Waals surface area contributed by atoms with Crippen molar-refractivity contribution in [1.29, 1.82) is 0 Å². The van der Waals surface area contributed by atoms with Crippen LogP contribution in [-0.4, -0.2) is 66.9 Å². The molecule has 0 fully saturated rings. The van der Waals surface area contributed by atoms with Crippen LogP contribution in [0.5, 0.6) is 5.75 Å². The number of nitrogens with two attached hydrogens (primary N) is 1. The average Bonchev–Trinajstić information content (AvgIpc) is 2.64. The van der Waals surface area contributed by atoms with E-state index in [-0.39, 0.29) is 25.4 Å². The Morgan fingerprint density at radius 1 is 1.26 bits per heavy atom. The lowest BCUT2D eigenvalue weighted by molar-refractivity contribution is -0.145. The molecule has 0 aliphatic rings. The van der Waals surface area contributed by atoms with Crippen molar-refractivity contribution >= 4 is 35.1 Å². The molecule has 148 valence electrons. The summed E-state index contributed by atoms with van der Waals surface area (Å²) in [6.45, 7) is 1.73. The van der Waals surface area contributed by atoms with E-state index < -0.39 is 11.9 Å². The fourth-order valence-electron chi connectivity index (χ4n) is 2.19. The van der Waals surface area contributed by atoms with E-state index in [1.54, 1.807) is 18.4 Å². The highest BCUT2D eigenvalue weighted by Crippen LogP contribution is 2.25. The summed E-state index contributed by atoms with van der Waals surface area (Å²) in [6.07, 6.45) is 3.16. The highest BCUT2D eigenvalue weighted by molar-refractivity contribution is 8.13. The number of rotatable bonds is 8. The van der Waals surface area contributed by atoms with Crippen molar-refractivity contribution in [3.8, 4) is 5.75 Å². The SMILES string of the molecule is COC(=O)CN(CC(=O)OC)Cc1cc(C)cc(/C=N/N=C(/N)SC)c1O. The van der Waals surface area contributed by atoms with Crippen LogP contribution in [0.3, 0.4) is 0 Å². The molecule has 9 nitrogen and oxygen atoms in total. The standard InChI is InChI=1S/C17H24N4O5S/c1-11-5-12(7-19-20-17(18)27-4)16(24)13(6-11)8-21(9-14(22)25-2)10-15(23)26-3/h5-7,24H,8-10H2,1-4H3,(H2,18,20)/b19-7+. The van der Waals surface area contributed by atoms with E-state index in [2.05, 4.69) is 19.7 Å². The van der Waals surface area contributed by atoms with Crippen LogP contribution in [0.25, 0.3) is 0 Å². The number of aryl methyl sites for hydroxylation is 1. The Morgan fingerprint density at radius 3 is 2.37 bits per heavy atom. The normalized spacial score (nSPS) is 11.8. The molecule has 0 atom stereocenters. The Kier molecular flexibility index (Phi) is 9.31. The molecule has 10 heteroatoms. The number of benzene rings is 1. The number of esters is 2. The monoisotopic (exact) mass is 396 g/mol. The first-order valence-corrected chi connectivity index (χ1v) is 9.12. The zero-order chi connectivity index (χ0) is 20.4. The van der Waals surface area contributed by atoms with E-state index in [4.69, 9.17) is 5.73 Å². The number of thioether (sulfide) groups is 1. The molecular weight excluding hydrogens is 372 g/mol. The van der Waals surface area contributed by atoms with Gasteiger partial charge in [-0.05, 0) is 24.8 Å². The lowest BCUT2D eigenvalue weighted by atomic mass is 10.0. The van der Waals surface area contributed by atoms with Crippen molar-refractivity contribution in [2.24, 2.45) is 15.9 Å². The summed E-state index contributed by atoms with van der Waals surface area (Å²) in [4.78, 5) is 24.7. The van der Waals surface area contributed by atoms with Gasteiger partial charge in [0.2, 0.25) is 0 Å². The van der Waals surface area contributed by atoms with Gasteiger partial charge in [0.25, 0.3) is 0 Å². The van der Waals surface area contributed by atoms with Crippen molar-refractivity contribution < 1.29 is 24.2 Å². The predicted octanol–water partition coefficient (Wildman–Crippen LogP) is 0.860. The Balaban J connectivity index is 3.11. The molecule has 0 aromatic heterocycles. The van der Waals surface area contributed by atoms with Gasteiger partial charge in [0.1, 0.15) is 5.75 Å². The smallest absolute Gasteiger partial charge is 0.319 e. The summed E-state index contributed by atoms with van der Waals surface area (Å²) >= 11 is 1.25. The van der Waals surface area contributed by atoms with Crippen LogP contribution in [0.1, 0.15) is 16.7 Å². The van der Waals surface area contributed by atoms with Gasteiger partial charge in [0.15, 0.2) is 5.17 Å². The molecule has 0 radical (unpaired) electrons. The summed E-state index contributed by atoms with van der Waals surface area (Å²) in [5.74, 6) is -1.04. The van der Waals surface area contributed by atoms with Crippen molar-refractivity contribution in [2.75, 3.05) is 33.6 Å². The minimum atomic E-state index is -0.505. The van der Waals surface area contributed by atoms with Gasteiger partial charge in [-0.15, -0.1) is 5.10 Å². The van der Waals surface area contributed by atoms with Crippen molar-refractivity contribution in [3.63, 3.8) is 0 Å². The van der Waals surface area contributed by atoms with Gasteiger partial charge < -0.3 is 20.3 Å². The zero-order valence-corrected chi connectivity index (χ0v) is 16.6. The van der Waals surface area contributed by atoms with Crippen LogP contribution >= 0.6 is 11.8 Å². The molecule has 0 saturated heterocycles. The minimum Gasteiger partial charge on any atom is -0.507 e. The number of methoxy groups -OCH3 is 2. The molecule has 1 aromatic rings. The Morgan fingerprint density at radius 2 is 1.85 bits per heavy atom. The molecular formula is C17H24N4O5S. The van der Waals surface area contributed by atoms with E-state index in [1.165, 1.54) is 37.1 Å². The van der Waals surface area contributed by atoms with Gasteiger partial charge in [-0.1, -0.05) is 17.8 Å². The van der Waals surface area contributed by atoms with Gasteiger partial charge in [-0.25, -0.2) is 0 Å². The average molecular weight is 396 g/mol. The first kappa shape index (κ1) is 22.5. The highest BCUT2D eigenvalue weighted by Gasteiger charge is 2.18. The predicted molar refractivity (Wildman–Crippen MR) is 105 cm³/mol. The number of phenols is 1. The largest absolute Gasteiger partial charge is 0.507 e. The Bertz CT molecular complexity index is 718. The van der Waals surface area contributed by atoms with Gasteiger partial charge in [0.05, 0.1) is 33.5 Å². The zero-order valence-electron chi connectivity index (χ0n) is 15.8. The first-order chi connectivity index (χ1) is 12.8. The first-order valence-electron chi connectivity index (χ1n) is 7.89. The third-order valence-electron chi connectivity index (χ3n) is 3.48. The van der Waals surface area contributed by atoms with Crippen LogP contribution in [0.15, 0.2) is 22.3 Å². The second-order valence-corrected chi connectivity index (χ2v) is 6.37. The summed E-state index contributed by atoms with van der Waals surface area (Å²) in [6, 6.07) is 3.49. The molecule has 0 heterocycles. The summed E-state index contributed by atoms with van der Waals surface area (Å²) in [7, 11) is 2.52. The van der Waals surface area contributed by atoms with Gasteiger partial charge in [-0.3, -0.25) is 14.5 Å². The molecule has 1 aromatic carbocycles. The maximum Gasteiger partial charge on any atom is 0.319 e. The molecule has 0 amide bonds. The van der Waals surface area contributed by atoms with Crippen LogP contribution in [0, 0.1) is 6.92 Å². The fraction of sp³-hybridized carbons (Fsp3) is 0.412. The number of hydrogen-bond acceptors (Lipinski definition) is 9. The quantitative estimate of drug-likeness (QED) is 0.287. The lowest BCUT2D eigenvalue weighted by Crippen LogP contribution is -2.35. The summed E-state index contributed by atoms with van der Waals surface area (Å²) in [5, 5.41) is 18.5. The van der Waals surface area contributed by atoms with E-state index in [0.29, 0.717) is 16.3 Å².